The summed E-state index contributed by atoms with van der Waals surface area (Å²) < 4.78 is 0. The van der Waals surface area contributed by atoms with Gasteiger partial charge in [-0.1, -0.05) is 76.1 Å². The smallest absolute Gasteiger partial charge is 0.164 e. The molecule has 5 nitrogen and oxygen atoms in total. The maximum Gasteiger partial charge on any atom is 0.164 e. The van der Waals surface area contributed by atoms with E-state index in [0.717, 1.165) is 46.3 Å². The van der Waals surface area contributed by atoms with Crippen molar-refractivity contribution in [3.05, 3.63) is 113 Å². The van der Waals surface area contributed by atoms with Crippen molar-refractivity contribution in [1.29, 1.82) is 10.5 Å². The molecule has 0 N–H and O–H groups in total. The van der Waals surface area contributed by atoms with Crippen LogP contribution in [0.1, 0.15) is 107 Å². The van der Waals surface area contributed by atoms with Gasteiger partial charge in [-0.3, -0.25) is 0 Å². The fourth-order valence-corrected chi connectivity index (χ4v) is 11.6. The Morgan fingerprint density at radius 3 is 1.43 bits per heavy atom. The monoisotopic (exact) mass is 707 g/mol. The van der Waals surface area contributed by atoms with Gasteiger partial charge in [-0.2, -0.15) is 10.5 Å². The normalized spacial score (nSPS) is 28.6. The summed E-state index contributed by atoms with van der Waals surface area (Å²) in [5, 5.41) is 18.8. The van der Waals surface area contributed by atoms with Gasteiger partial charge in [-0.25, -0.2) is 15.0 Å². The summed E-state index contributed by atoms with van der Waals surface area (Å²) in [5.74, 6) is 5.80. The van der Waals surface area contributed by atoms with E-state index in [0.29, 0.717) is 28.6 Å². The van der Waals surface area contributed by atoms with Crippen LogP contribution in [0.25, 0.3) is 45.3 Å². The highest BCUT2D eigenvalue weighted by Crippen LogP contribution is 2.56. The molecule has 4 aliphatic carbocycles. The average molecular weight is 708 g/mol. The van der Waals surface area contributed by atoms with Gasteiger partial charge in [0.2, 0.25) is 0 Å². The van der Waals surface area contributed by atoms with Crippen LogP contribution in [0.2, 0.25) is 0 Å². The molecule has 0 spiro atoms. The van der Waals surface area contributed by atoms with E-state index in [1.54, 1.807) is 35.4 Å². The van der Waals surface area contributed by atoms with Gasteiger partial charge in [0.15, 0.2) is 17.5 Å². The summed E-state index contributed by atoms with van der Waals surface area (Å²) in [6, 6.07) is 35.7. The lowest BCUT2D eigenvalue weighted by atomic mass is 9.54. The number of hydrogen-bond donors (Lipinski definition) is 0. The Bertz CT molecular complexity index is 2170. The molecule has 4 bridgehead atoms. The topological polar surface area (TPSA) is 86.2 Å². The molecule has 1 aromatic heterocycles. The SMILES string of the molecule is C[C@@H]1CC2C[C@H](C)CC(c3cc(-c4ccc(-c5nc(-c6ccc(C#N)cc6)nc(-c6ccc(C#N)cc6)n5)cc4)cc(C4(C)C[C@@H]5CC[C@@H](C5)C4)c3)(C2)C1. The van der Waals surface area contributed by atoms with Crippen LogP contribution in [0.3, 0.4) is 0 Å². The predicted molar refractivity (Wildman–Crippen MR) is 215 cm³/mol. The summed E-state index contributed by atoms with van der Waals surface area (Å²) in [5.41, 5.74) is 9.94. The molecule has 5 heteroatoms. The van der Waals surface area contributed by atoms with Crippen molar-refractivity contribution >= 4 is 0 Å². The lowest BCUT2D eigenvalue weighted by Gasteiger charge is -2.51. The van der Waals surface area contributed by atoms with Gasteiger partial charge in [0.25, 0.3) is 0 Å². The molecule has 4 aliphatic rings. The third kappa shape index (κ3) is 6.53. The summed E-state index contributed by atoms with van der Waals surface area (Å²) in [6.07, 6.45) is 13.6. The van der Waals surface area contributed by atoms with E-state index in [4.69, 9.17) is 15.0 Å². The maximum absolute atomic E-state index is 9.38. The first-order valence-electron chi connectivity index (χ1n) is 20.2. The zero-order valence-electron chi connectivity index (χ0n) is 31.9. The van der Waals surface area contributed by atoms with Gasteiger partial charge in [0.1, 0.15) is 0 Å². The second kappa shape index (κ2) is 13.6. The van der Waals surface area contributed by atoms with Crippen molar-refractivity contribution in [3.8, 4) is 57.4 Å². The minimum absolute atomic E-state index is 0.222. The van der Waals surface area contributed by atoms with E-state index in [1.807, 2.05) is 24.3 Å². The van der Waals surface area contributed by atoms with Crippen molar-refractivity contribution in [2.24, 2.45) is 29.6 Å². The highest BCUT2D eigenvalue weighted by atomic mass is 15.0. The number of aromatic nitrogens is 3. The average Bonchev–Trinajstić information content (AvgIpc) is 3.54. The summed E-state index contributed by atoms with van der Waals surface area (Å²) in [7, 11) is 0. The number of nitrogens with zero attached hydrogens (tertiary/aromatic N) is 5. The Kier molecular flexibility index (Phi) is 8.73. The minimum Gasteiger partial charge on any atom is -0.208 e. The number of fused-ring (bicyclic) bond motifs is 4. The van der Waals surface area contributed by atoms with Crippen LogP contribution in [0.4, 0.5) is 0 Å². The second-order valence-corrected chi connectivity index (χ2v) is 18.0. The minimum atomic E-state index is 0.222. The molecule has 4 saturated carbocycles. The molecule has 0 aliphatic heterocycles. The number of benzene rings is 4. The lowest BCUT2D eigenvalue weighted by Crippen LogP contribution is -2.42. The van der Waals surface area contributed by atoms with Gasteiger partial charge in [-0.05, 0) is 163 Å². The van der Waals surface area contributed by atoms with Gasteiger partial charge >= 0.3 is 0 Å². The van der Waals surface area contributed by atoms with E-state index >= 15 is 0 Å². The highest BCUT2D eigenvalue weighted by molar-refractivity contribution is 5.72. The van der Waals surface area contributed by atoms with E-state index in [1.165, 1.54) is 75.3 Å². The Morgan fingerprint density at radius 1 is 0.500 bits per heavy atom. The first kappa shape index (κ1) is 34.6. The van der Waals surface area contributed by atoms with Crippen LogP contribution < -0.4 is 0 Å². The first-order chi connectivity index (χ1) is 26.2. The molecule has 9 rings (SSSR count). The van der Waals surface area contributed by atoms with Crippen LogP contribution >= 0.6 is 0 Å². The summed E-state index contributed by atoms with van der Waals surface area (Å²) in [6.45, 7) is 7.58. The van der Waals surface area contributed by atoms with Crippen LogP contribution in [0.5, 0.6) is 0 Å². The Labute approximate surface area is 320 Å². The van der Waals surface area contributed by atoms with Crippen molar-refractivity contribution < 1.29 is 0 Å². The van der Waals surface area contributed by atoms with Crippen LogP contribution in [0.15, 0.2) is 91.0 Å². The highest BCUT2D eigenvalue weighted by Gasteiger charge is 2.47. The summed E-state index contributed by atoms with van der Waals surface area (Å²) >= 11 is 0. The molecular weight excluding hydrogens is 659 g/mol. The van der Waals surface area contributed by atoms with Crippen LogP contribution in [-0.2, 0) is 10.8 Å². The van der Waals surface area contributed by atoms with Gasteiger partial charge in [0.05, 0.1) is 23.3 Å². The van der Waals surface area contributed by atoms with Crippen molar-refractivity contribution in [2.75, 3.05) is 0 Å². The first-order valence-corrected chi connectivity index (χ1v) is 20.2. The fourth-order valence-electron chi connectivity index (χ4n) is 11.6. The van der Waals surface area contributed by atoms with E-state index in [2.05, 4.69) is 75.4 Å². The molecule has 0 radical (unpaired) electrons. The number of rotatable bonds is 6. The molecule has 7 atom stereocenters. The van der Waals surface area contributed by atoms with E-state index in [-0.39, 0.29) is 10.8 Å². The molecule has 3 unspecified atom stereocenters. The molecule has 4 aromatic carbocycles. The number of nitriles is 2. The van der Waals surface area contributed by atoms with Crippen molar-refractivity contribution in [1.82, 2.24) is 15.0 Å². The molecule has 1 heterocycles. The van der Waals surface area contributed by atoms with Crippen LogP contribution in [-0.4, -0.2) is 15.0 Å². The van der Waals surface area contributed by atoms with Gasteiger partial charge in [-0.15, -0.1) is 0 Å². The second-order valence-electron chi connectivity index (χ2n) is 18.0. The molecule has 270 valence electrons. The largest absolute Gasteiger partial charge is 0.208 e. The quantitative estimate of drug-likeness (QED) is 0.175. The Morgan fingerprint density at radius 2 is 0.944 bits per heavy atom. The molecule has 54 heavy (non-hydrogen) atoms. The molecule has 0 saturated heterocycles. The number of hydrogen-bond acceptors (Lipinski definition) is 5. The molecular formula is C49H49N5. The third-order valence-electron chi connectivity index (χ3n) is 13.7. The zero-order chi connectivity index (χ0) is 37.0. The standard InChI is InChI=1S/C49H49N5/c1-31-18-37-19-32(2)25-49(24-31,28-37)44-22-42(21-43(23-44)48(3)26-35-4-5-36(20-35)27-48)38-14-16-41(17-15-38)47-53-45(39-10-6-33(29-50)7-11-39)52-46(54-47)40-12-8-34(30-51)9-13-40/h6-17,21-23,31-32,35-37H,4-5,18-20,24-28H2,1-3H3/t31-,32+,35-,36+,37?,48?,49?. The van der Waals surface area contributed by atoms with Crippen molar-refractivity contribution in [3.63, 3.8) is 0 Å². The van der Waals surface area contributed by atoms with E-state index in [9.17, 15) is 10.5 Å². The predicted octanol–water partition coefficient (Wildman–Crippen LogP) is 11.9. The Hall–Kier alpha value is -5.13. The summed E-state index contributed by atoms with van der Waals surface area (Å²) in [4.78, 5) is 14.8. The van der Waals surface area contributed by atoms with E-state index < -0.39 is 0 Å². The molecule has 0 amide bonds. The fraction of sp³-hybridized carbons (Fsp3) is 0.408. The van der Waals surface area contributed by atoms with Crippen molar-refractivity contribution in [2.45, 2.75) is 95.8 Å². The van der Waals surface area contributed by atoms with Gasteiger partial charge in [0, 0.05) is 16.7 Å². The molecule has 5 aromatic rings. The Balaban J connectivity index is 1.12. The van der Waals surface area contributed by atoms with Gasteiger partial charge < -0.3 is 0 Å². The van der Waals surface area contributed by atoms with Crippen LogP contribution in [0, 0.1) is 52.3 Å². The third-order valence-corrected chi connectivity index (χ3v) is 13.7. The zero-order valence-corrected chi connectivity index (χ0v) is 31.9. The lowest BCUT2D eigenvalue weighted by molar-refractivity contribution is 0.0779. The molecule has 4 fully saturated rings. The maximum atomic E-state index is 9.38.